The monoisotopic (exact) mass is 397 g/mol. The Hall–Kier alpha value is -2.90. The number of anilines is 1. The molecule has 2 aromatic rings. The smallest absolute Gasteiger partial charge is 0.262 e. The highest BCUT2D eigenvalue weighted by molar-refractivity contribution is 5.91. The molecule has 1 unspecified atom stereocenters. The zero-order valence-corrected chi connectivity index (χ0v) is 16.6. The first kappa shape index (κ1) is 20.8. The Morgan fingerprint density at radius 2 is 2.03 bits per heavy atom. The third-order valence-electron chi connectivity index (χ3n) is 4.53. The minimum atomic E-state index is -0.412. The van der Waals surface area contributed by atoms with Gasteiger partial charge in [-0.15, -0.1) is 0 Å². The predicted molar refractivity (Wildman–Crippen MR) is 111 cm³/mol. The van der Waals surface area contributed by atoms with Gasteiger partial charge in [-0.2, -0.15) is 0 Å². The summed E-state index contributed by atoms with van der Waals surface area (Å²) >= 11 is 0. The van der Waals surface area contributed by atoms with Gasteiger partial charge in [0.2, 0.25) is 5.91 Å². The first-order chi connectivity index (χ1) is 14.1. The van der Waals surface area contributed by atoms with Gasteiger partial charge in [0, 0.05) is 25.3 Å². The van der Waals surface area contributed by atoms with Crippen LogP contribution in [0.4, 0.5) is 5.69 Å². The fourth-order valence-corrected chi connectivity index (χ4v) is 3.00. The number of rotatable bonds is 8. The molecule has 7 nitrogen and oxygen atoms in total. The number of amides is 2. The second-order valence-corrected chi connectivity index (χ2v) is 6.95. The Balaban J connectivity index is 1.37. The number of benzene rings is 2. The van der Waals surface area contributed by atoms with E-state index >= 15 is 0 Å². The summed E-state index contributed by atoms with van der Waals surface area (Å²) in [5, 5.41) is 8.84. The highest BCUT2D eigenvalue weighted by atomic mass is 16.5. The molecule has 3 N–H and O–H groups in total. The van der Waals surface area contributed by atoms with Crippen molar-refractivity contribution in [3.8, 4) is 5.75 Å². The lowest BCUT2D eigenvalue weighted by molar-refractivity contribution is -0.134. The van der Waals surface area contributed by atoms with E-state index in [-0.39, 0.29) is 18.4 Å². The maximum absolute atomic E-state index is 12.0. The SMILES string of the molecule is Cc1cccc(NC(=O)COc2ccc(CCNC(=O)C3CNCCO3)cc2)c1. The molecule has 1 fully saturated rings. The van der Waals surface area contributed by atoms with Crippen LogP contribution in [0.2, 0.25) is 0 Å². The summed E-state index contributed by atoms with van der Waals surface area (Å²) in [7, 11) is 0. The summed E-state index contributed by atoms with van der Waals surface area (Å²) in [4.78, 5) is 24.0. The Morgan fingerprint density at radius 1 is 1.21 bits per heavy atom. The van der Waals surface area contributed by atoms with E-state index in [1.807, 2.05) is 55.5 Å². The molecule has 1 saturated heterocycles. The maximum atomic E-state index is 12.0. The van der Waals surface area contributed by atoms with Gasteiger partial charge in [0.1, 0.15) is 11.9 Å². The van der Waals surface area contributed by atoms with Crippen LogP contribution in [-0.2, 0) is 20.7 Å². The molecule has 0 bridgehead atoms. The van der Waals surface area contributed by atoms with Crippen molar-refractivity contribution >= 4 is 17.5 Å². The third kappa shape index (κ3) is 6.89. The van der Waals surface area contributed by atoms with Crippen molar-refractivity contribution in [1.29, 1.82) is 0 Å². The van der Waals surface area contributed by atoms with Crippen molar-refractivity contribution in [3.63, 3.8) is 0 Å². The van der Waals surface area contributed by atoms with E-state index in [0.29, 0.717) is 31.9 Å². The lowest BCUT2D eigenvalue weighted by Crippen LogP contribution is -2.48. The zero-order valence-electron chi connectivity index (χ0n) is 16.6. The second kappa shape index (κ2) is 10.6. The van der Waals surface area contributed by atoms with Crippen LogP contribution in [0.5, 0.6) is 5.75 Å². The molecule has 0 aromatic heterocycles. The molecule has 7 heteroatoms. The molecule has 3 rings (SSSR count). The number of hydrogen-bond donors (Lipinski definition) is 3. The first-order valence-corrected chi connectivity index (χ1v) is 9.78. The van der Waals surface area contributed by atoms with Crippen molar-refractivity contribution < 1.29 is 19.1 Å². The molecule has 1 atom stereocenters. The van der Waals surface area contributed by atoms with Gasteiger partial charge in [0.15, 0.2) is 6.61 Å². The molecule has 29 heavy (non-hydrogen) atoms. The van der Waals surface area contributed by atoms with E-state index in [0.717, 1.165) is 23.4 Å². The van der Waals surface area contributed by atoms with Crippen LogP contribution in [-0.4, -0.2) is 50.8 Å². The van der Waals surface area contributed by atoms with Gasteiger partial charge >= 0.3 is 0 Å². The van der Waals surface area contributed by atoms with Crippen LogP contribution in [0.25, 0.3) is 0 Å². The fraction of sp³-hybridized carbons (Fsp3) is 0.364. The van der Waals surface area contributed by atoms with Crippen LogP contribution < -0.4 is 20.7 Å². The van der Waals surface area contributed by atoms with Gasteiger partial charge in [0.25, 0.3) is 5.91 Å². The van der Waals surface area contributed by atoms with E-state index in [2.05, 4.69) is 16.0 Å². The van der Waals surface area contributed by atoms with Crippen molar-refractivity contribution in [2.45, 2.75) is 19.4 Å². The van der Waals surface area contributed by atoms with Crippen LogP contribution in [0, 0.1) is 6.92 Å². The minimum Gasteiger partial charge on any atom is -0.484 e. The minimum absolute atomic E-state index is 0.0568. The highest BCUT2D eigenvalue weighted by Crippen LogP contribution is 2.13. The summed E-state index contributed by atoms with van der Waals surface area (Å²) in [6.07, 6.45) is 0.297. The molecule has 1 aliphatic rings. The zero-order chi connectivity index (χ0) is 20.5. The molecule has 1 aliphatic heterocycles. The van der Waals surface area contributed by atoms with Crippen LogP contribution in [0.1, 0.15) is 11.1 Å². The Morgan fingerprint density at radius 3 is 2.76 bits per heavy atom. The normalized spacial score (nSPS) is 16.1. The molecular weight excluding hydrogens is 370 g/mol. The maximum Gasteiger partial charge on any atom is 0.262 e. The number of ether oxygens (including phenoxy) is 2. The molecular formula is C22H27N3O4. The van der Waals surface area contributed by atoms with Gasteiger partial charge in [-0.25, -0.2) is 0 Å². The number of nitrogens with one attached hydrogen (secondary N) is 3. The lowest BCUT2D eigenvalue weighted by atomic mass is 10.1. The van der Waals surface area contributed by atoms with Crippen molar-refractivity contribution in [3.05, 3.63) is 59.7 Å². The molecule has 0 saturated carbocycles. The Labute approximate surface area is 170 Å². The second-order valence-electron chi connectivity index (χ2n) is 6.95. The van der Waals surface area contributed by atoms with Crippen molar-refractivity contribution in [2.75, 3.05) is 38.2 Å². The van der Waals surface area contributed by atoms with Gasteiger partial charge < -0.3 is 25.4 Å². The van der Waals surface area contributed by atoms with Gasteiger partial charge in [-0.05, 0) is 48.7 Å². The molecule has 1 heterocycles. The Bertz CT molecular complexity index is 817. The van der Waals surface area contributed by atoms with Crippen molar-refractivity contribution in [2.24, 2.45) is 0 Å². The molecule has 0 aliphatic carbocycles. The van der Waals surface area contributed by atoms with Crippen molar-refractivity contribution in [1.82, 2.24) is 10.6 Å². The van der Waals surface area contributed by atoms with Gasteiger partial charge in [-0.3, -0.25) is 9.59 Å². The van der Waals surface area contributed by atoms with Crippen LogP contribution in [0.15, 0.2) is 48.5 Å². The number of morpholine rings is 1. The summed E-state index contributed by atoms with van der Waals surface area (Å²) < 4.78 is 11.0. The van der Waals surface area contributed by atoms with Gasteiger partial charge in [0.05, 0.1) is 6.61 Å². The number of aryl methyl sites for hydroxylation is 1. The summed E-state index contributed by atoms with van der Waals surface area (Å²) in [5.74, 6) is 0.331. The van der Waals surface area contributed by atoms with E-state index in [1.54, 1.807) is 0 Å². The number of hydrogen-bond acceptors (Lipinski definition) is 5. The van der Waals surface area contributed by atoms with E-state index in [9.17, 15) is 9.59 Å². The molecule has 154 valence electrons. The first-order valence-electron chi connectivity index (χ1n) is 9.78. The molecule has 2 amide bonds. The quantitative estimate of drug-likeness (QED) is 0.631. The summed E-state index contributed by atoms with van der Waals surface area (Å²) in [6.45, 7) is 4.35. The molecule has 0 spiro atoms. The van der Waals surface area contributed by atoms with E-state index in [1.165, 1.54) is 0 Å². The lowest BCUT2D eigenvalue weighted by Gasteiger charge is -2.22. The van der Waals surface area contributed by atoms with E-state index < -0.39 is 6.10 Å². The standard InChI is InChI=1S/C22H27N3O4/c1-16-3-2-4-18(13-16)25-21(26)15-29-19-7-5-17(6-8-19)9-10-24-22(27)20-14-23-11-12-28-20/h2-8,13,20,23H,9-12,14-15H2,1H3,(H,24,27)(H,25,26). The summed E-state index contributed by atoms with van der Waals surface area (Å²) in [6, 6.07) is 15.1. The third-order valence-corrected chi connectivity index (χ3v) is 4.53. The largest absolute Gasteiger partial charge is 0.484 e. The predicted octanol–water partition coefficient (Wildman–Crippen LogP) is 1.66. The van der Waals surface area contributed by atoms with Gasteiger partial charge in [-0.1, -0.05) is 24.3 Å². The summed E-state index contributed by atoms with van der Waals surface area (Å²) in [5.41, 5.74) is 2.91. The van der Waals surface area contributed by atoms with Crippen LogP contribution in [0.3, 0.4) is 0 Å². The van der Waals surface area contributed by atoms with E-state index in [4.69, 9.17) is 9.47 Å². The fourth-order valence-electron chi connectivity index (χ4n) is 3.00. The average Bonchev–Trinajstić information content (AvgIpc) is 2.74. The molecule has 0 radical (unpaired) electrons. The molecule has 2 aromatic carbocycles. The average molecular weight is 397 g/mol. The number of carbonyl (C=O) groups is 2. The van der Waals surface area contributed by atoms with Crippen LogP contribution >= 0.6 is 0 Å². The highest BCUT2D eigenvalue weighted by Gasteiger charge is 2.20. The Kier molecular flexibility index (Phi) is 7.61. The topological polar surface area (TPSA) is 88.7 Å². The number of carbonyl (C=O) groups excluding carboxylic acids is 2.